The summed E-state index contributed by atoms with van der Waals surface area (Å²) in [6.45, 7) is 5.30. The second-order valence-electron chi connectivity index (χ2n) is 2.96. The fourth-order valence-corrected chi connectivity index (χ4v) is 1.06. The number of alkyl halides is 3. The van der Waals surface area contributed by atoms with Gasteiger partial charge in [-0.05, 0) is 17.7 Å². The Balaban J connectivity index is 2.88. The minimum absolute atomic E-state index is 0.221. The summed E-state index contributed by atoms with van der Waals surface area (Å²) in [5, 5.41) is 0. The molecule has 0 spiro atoms. The van der Waals surface area contributed by atoms with Crippen molar-refractivity contribution >= 4 is 0 Å². The number of benzene rings is 1. The van der Waals surface area contributed by atoms with Crippen molar-refractivity contribution in [2.75, 3.05) is 0 Å². The molecule has 81 valence electrons. The number of hydrogen-bond acceptors (Lipinski definition) is 1. The van der Waals surface area contributed by atoms with Crippen LogP contribution in [0.4, 0.5) is 13.2 Å². The number of hydrogen-bond donors (Lipinski definition) is 0. The van der Waals surface area contributed by atoms with Crippen LogP contribution in [-0.4, -0.2) is 6.36 Å². The van der Waals surface area contributed by atoms with Crippen LogP contribution in [0.2, 0.25) is 0 Å². The summed E-state index contributed by atoms with van der Waals surface area (Å²) < 4.78 is 39.5. The highest BCUT2D eigenvalue weighted by Crippen LogP contribution is 2.25. The van der Waals surface area contributed by atoms with Gasteiger partial charge in [0, 0.05) is 5.92 Å². The molecule has 0 aliphatic heterocycles. The maximum Gasteiger partial charge on any atom is 0.573 e. The Labute approximate surface area is 86.2 Å². The van der Waals surface area contributed by atoms with Crippen molar-refractivity contribution in [1.29, 1.82) is 0 Å². The molecule has 0 saturated heterocycles. The predicted octanol–water partition coefficient (Wildman–Crippen LogP) is 3.71. The summed E-state index contributed by atoms with van der Waals surface area (Å²) in [5.41, 5.74) is 0.659. The zero-order valence-corrected chi connectivity index (χ0v) is 8.14. The minimum atomic E-state index is -4.65. The molecule has 0 aromatic heterocycles. The van der Waals surface area contributed by atoms with Crippen LogP contribution in [0.5, 0.6) is 5.75 Å². The van der Waals surface area contributed by atoms with Crippen LogP contribution in [0.15, 0.2) is 36.9 Å². The average molecular weight is 215 g/mol. The van der Waals surface area contributed by atoms with Crippen LogP contribution in [0.3, 0.4) is 0 Å². The van der Waals surface area contributed by atoms with Gasteiger partial charge < -0.3 is 4.74 Å². The van der Waals surface area contributed by atoms with Crippen molar-refractivity contribution in [2.45, 2.75) is 13.3 Å². The Morgan fingerprint density at radius 2 is 2.07 bits per heavy atom. The van der Waals surface area contributed by atoms with Crippen molar-refractivity contribution < 1.29 is 17.9 Å². The van der Waals surface area contributed by atoms with Gasteiger partial charge in [0.05, 0.1) is 0 Å². The number of halogens is 3. The number of rotatable bonds is 3. The van der Waals surface area contributed by atoms with E-state index in [-0.39, 0.29) is 5.75 Å². The summed E-state index contributed by atoms with van der Waals surface area (Å²) in [4.78, 5) is 0. The molecule has 0 saturated carbocycles. The van der Waals surface area contributed by atoms with Gasteiger partial charge in [-0.1, -0.05) is 25.1 Å². The molecule has 0 N–H and O–H groups in total. The van der Waals surface area contributed by atoms with Crippen LogP contribution >= 0.6 is 0 Å². The molecule has 1 nitrogen and oxygen atoms in total. The Kier molecular flexibility index (Phi) is 3.39. The first-order chi connectivity index (χ1) is 6.92. The van der Waals surface area contributed by atoms with E-state index >= 15 is 0 Å². The first-order valence-electron chi connectivity index (χ1n) is 4.24. The van der Waals surface area contributed by atoms with E-state index < -0.39 is 6.36 Å². The molecule has 1 aromatic carbocycles. The average Bonchev–Trinajstić information content (AvgIpc) is 2.14. The standard InChI is InChI=1S/C11H10F3O/c1-3-8(2)9-5-4-6-10(7-9)15-11(12,13)14/h3-7H,1H2,2H3. The molecular weight excluding hydrogens is 205 g/mol. The summed E-state index contributed by atoms with van der Waals surface area (Å²) in [5.74, 6) is 0.573. The highest BCUT2D eigenvalue weighted by molar-refractivity contribution is 5.40. The zero-order valence-electron chi connectivity index (χ0n) is 8.14. The molecular formula is C11H10F3O. The molecule has 0 aliphatic rings. The van der Waals surface area contributed by atoms with Gasteiger partial charge in [0.1, 0.15) is 5.75 Å². The third-order valence-electron chi connectivity index (χ3n) is 1.83. The van der Waals surface area contributed by atoms with E-state index in [4.69, 9.17) is 0 Å². The molecule has 1 rings (SSSR count). The lowest BCUT2D eigenvalue weighted by atomic mass is 10.0. The normalized spacial score (nSPS) is 11.5. The van der Waals surface area contributed by atoms with E-state index in [1.54, 1.807) is 19.1 Å². The van der Waals surface area contributed by atoms with Crippen molar-refractivity contribution in [3.05, 3.63) is 48.4 Å². The van der Waals surface area contributed by atoms with Crippen LogP contribution in [0.1, 0.15) is 12.5 Å². The molecule has 0 fully saturated rings. The van der Waals surface area contributed by atoms with Gasteiger partial charge in [-0.2, -0.15) is 0 Å². The van der Waals surface area contributed by atoms with Gasteiger partial charge in [-0.15, -0.1) is 19.8 Å². The van der Waals surface area contributed by atoms with Crippen LogP contribution in [0, 0.1) is 5.92 Å². The quantitative estimate of drug-likeness (QED) is 0.746. The maximum absolute atomic E-state index is 11.9. The van der Waals surface area contributed by atoms with Gasteiger partial charge in [0.25, 0.3) is 0 Å². The molecule has 0 aliphatic carbocycles. The van der Waals surface area contributed by atoms with Gasteiger partial charge >= 0.3 is 6.36 Å². The number of allylic oxidation sites excluding steroid dienone is 1. The Hall–Kier alpha value is -1.45. The molecule has 1 radical (unpaired) electrons. The molecule has 15 heavy (non-hydrogen) atoms. The lowest BCUT2D eigenvalue weighted by Gasteiger charge is -2.11. The lowest BCUT2D eigenvalue weighted by molar-refractivity contribution is -0.274. The van der Waals surface area contributed by atoms with Crippen molar-refractivity contribution in [3.63, 3.8) is 0 Å². The summed E-state index contributed by atoms with van der Waals surface area (Å²) in [7, 11) is 0. The first-order valence-corrected chi connectivity index (χ1v) is 4.24. The third kappa shape index (κ3) is 3.65. The van der Waals surface area contributed by atoms with Crippen LogP contribution in [0.25, 0.3) is 0 Å². The van der Waals surface area contributed by atoms with Gasteiger partial charge in [-0.3, -0.25) is 0 Å². The highest BCUT2D eigenvalue weighted by atomic mass is 19.4. The monoisotopic (exact) mass is 215 g/mol. The van der Waals surface area contributed by atoms with Crippen molar-refractivity contribution in [1.82, 2.24) is 0 Å². The molecule has 0 atom stereocenters. The summed E-state index contributed by atoms with van der Waals surface area (Å²) in [6.07, 6.45) is -3.08. The highest BCUT2D eigenvalue weighted by Gasteiger charge is 2.31. The Morgan fingerprint density at radius 1 is 1.40 bits per heavy atom. The third-order valence-corrected chi connectivity index (χ3v) is 1.83. The SMILES string of the molecule is C=C[C](C)c1cccc(OC(F)(F)F)c1. The molecule has 1 aromatic rings. The predicted molar refractivity (Wildman–Crippen MR) is 51.3 cm³/mol. The van der Waals surface area contributed by atoms with Gasteiger partial charge in [-0.25, -0.2) is 0 Å². The van der Waals surface area contributed by atoms with Crippen LogP contribution < -0.4 is 4.74 Å². The van der Waals surface area contributed by atoms with E-state index in [1.807, 2.05) is 0 Å². The Bertz CT molecular complexity index is 344. The fraction of sp³-hybridized carbons (Fsp3) is 0.182. The summed E-state index contributed by atoms with van der Waals surface area (Å²) >= 11 is 0. The molecule has 0 unspecified atom stereocenters. The second-order valence-corrected chi connectivity index (χ2v) is 2.96. The Morgan fingerprint density at radius 3 is 2.60 bits per heavy atom. The van der Waals surface area contributed by atoms with Crippen molar-refractivity contribution in [3.8, 4) is 5.75 Å². The molecule has 4 heteroatoms. The van der Waals surface area contributed by atoms with E-state index in [0.29, 0.717) is 5.56 Å². The second kappa shape index (κ2) is 4.38. The molecule has 0 amide bonds. The lowest BCUT2D eigenvalue weighted by Crippen LogP contribution is -2.17. The fourth-order valence-electron chi connectivity index (χ4n) is 1.06. The smallest absolute Gasteiger partial charge is 0.406 e. The van der Waals surface area contributed by atoms with E-state index in [0.717, 1.165) is 5.92 Å². The molecule has 0 heterocycles. The first kappa shape index (κ1) is 11.6. The van der Waals surface area contributed by atoms with E-state index in [2.05, 4.69) is 11.3 Å². The number of ether oxygens (including phenoxy) is 1. The van der Waals surface area contributed by atoms with E-state index in [9.17, 15) is 13.2 Å². The van der Waals surface area contributed by atoms with Crippen molar-refractivity contribution in [2.24, 2.45) is 0 Å². The maximum atomic E-state index is 11.9. The van der Waals surface area contributed by atoms with Crippen LogP contribution in [-0.2, 0) is 0 Å². The van der Waals surface area contributed by atoms with Gasteiger partial charge in [0.2, 0.25) is 0 Å². The van der Waals surface area contributed by atoms with E-state index in [1.165, 1.54) is 18.2 Å². The van der Waals surface area contributed by atoms with Gasteiger partial charge in [0.15, 0.2) is 0 Å². The summed E-state index contributed by atoms with van der Waals surface area (Å²) in [6, 6.07) is 5.78. The molecule has 0 bridgehead atoms. The minimum Gasteiger partial charge on any atom is -0.406 e. The topological polar surface area (TPSA) is 9.23 Å². The zero-order chi connectivity index (χ0) is 11.5. The largest absolute Gasteiger partial charge is 0.573 e.